The summed E-state index contributed by atoms with van der Waals surface area (Å²) in [7, 11) is 0. The molecule has 0 amide bonds. The molecule has 154 valence electrons. The zero-order chi connectivity index (χ0) is 21.8. The Morgan fingerprint density at radius 2 is 1.81 bits per heavy atom. The van der Waals surface area contributed by atoms with Crippen LogP contribution < -0.4 is 4.74 Å². The third-order valence-electron chi connectivity index (χ3n) is 4.43. The van der Waals surface area contributed by atoms with E-state index in [9.17, 15) is 14.9 Å². The summed E-state index contributed by atoms with van der Waals surface area (Å²) in [5.74, 6) is 0.366. The maximum Gasteiger partial charge on any atom is 0.363 e. The van der Waals surface area contributed by atoms with Crippen molar-refractivity contribution >= 4 is 46.2 Å². The minimum absolute atomic E-state index is 0.0333. The molecule has 4 rings (SSSR count). The number of cyclic esters (lactones) is 1. The van der Waals surface area contributed by atoms with Gasteiger partial charge in [-0.25, -0.2) is 9.79 Å². The average molecular weight is 526 g/mol. The molecular formula is C23H15IN2O5. The fraction of sp³-hybridized carbons (Fsp3) is 0.0435. The molecule has 0 fully saturated rings. The Balaban J connectivity index is 1.47. The van der Waals surface area contributed by atoms with Crippen molar-refractivity contribution in [1.29, 1.82) is 0 Å². The van der Waals surface area contributed by atoms with Crippen LogP contribution in [0.2, 0.25) is 0 Å². The van der Waals surface area contributed by atoms with Gasteiger partial charge in [-0.1, -0.05) is 12.1 Å². The highest BCUT2D eigenvalue weighted by Crippen LogP contribution is 2.22. The van der Waals surface area contributed by atoms with Crippen molar-refractivity contribution < 1.29 is 19.2 Å². The number of non-ortho nitro benzene ring substituents is 1. The van der Waals surface area contributed by atoms with Crippen molar-refractivity contribution in [3.63, 3.8) is 0 Å². The van der Waals surface area contributed by atoms with Crippen LogP contribution in [0.4, 0.5) is 5.69 Å². The Kier molecular flexibility index (Phi) is 6.08. The van der Waals surface area contributed by atoms with Gasteiger partial charge < -0.3 is 9.47 Å². The fourth-order valence-corrected chi connectivity index (χ4v) is 3.22. The van der Waals surface area contributed by atoms with Crippen molar-refractivity contribution in [1.82, 2.24) is 0 Å². The summed E-state index contributed by atoms with van der Waals surface area (Å²) >= 11 is 2.20. The van der Waals surface area contributed by atoms with Gasteiger partial charge in [0.15, 0.2) is 5.70 Å². The summed E-state index contributed by atoms with van der Waals surface area (Å²) < 4.78 is 12.1. The largest absolute Gasteiger partial charge is 0.489 e. The molecule has 0 aromatic heterocycles. The first kappa shape index (κ1) is 20.7. The quantitative estimate of drug-likeness (QED) is 0.146. The molecule has 3 aromatic carbocycles. The molecule has 7 nitrogen and oxygen atoms in total. The number of hydrogen-bond acceptors (Lipinski definition) is 6. The predicted molar refractivity (Wildman–Crippen MR) is 124 cm³/mol. The lowest BCUT2D eigenvalue weighted by Crippen LogP contribution is -2.05. The van der Waals surface area contributed by atoms with Crippen LogP contribution in [-0.4, -0.2) is 16.8 Å². The average Bonchev–Trinajstić information content (AvgIpc) is 3.13. The van der Waals surface area contributed by atoms with Gasteiger partial charge >= 0.3 is 5.97 Å². The van der Waals surface area contributed by atoms with E-state index in [-0.39, 0.29) is 23.9 Å². The summed E-state index contributed by atoms with van der Waals surface area (Å²) in [6, 6.07) is 20.9. The smallest absolute Gasteiger partial charge is 0.363 e. The highest BCUT2D eigenvalue weighted by molar-refractivity contribution is 14.1. The number of hydrogen-bond donors (Lipinski definition) is 0. The van der Waals surface area contributed by atoms with Gasteiger partial charge in [0.05, 0.1) is 4.92 Å². The lowest BCUT2D eigenvalue weighted by atomic mass is 10.2. The van der Waals surface area contributed by atoms with Gasteiger partial charge in [-0.15, -0.1) is 0 Å². The Morgan fingerprint density at radius 1 is 1.06 bits per heavy atom. The number of nitrogens with zero attached hydrogens (tertiary/aromatic N) is 2. The molecule has 0 saturated heterocycles. The van der Waals surface area contributed by atoms with Crippen LogP contribution in [0.15, 0.2) is 83.5 Å². The van der Waals surface area contributed by atoms with Crippen LogP contribution >= 0.6 is 22.6 Å². The molecule has 0 bridgehead atoms. The van der Waals surface area contributed by atoms with Crippen molar-refractivity contribution in [2.75, 3.05) is 0 Å². The second kappa shape index (κ2) is 9.09. The Labute approximate surface area is 191 Å². The molecule has 31 heavy (non-hydrogen) atoms. The number of aliphatic imine (C=N–C) groups is 1. The van der Waals surface area contributed by atoms with Crippen LogP contribution in [0.1, 0.15) is 16.7 Å². The third kappa shape index (κ3) is 5.15. The highest BCUT2D eigenvalue weighted by atomic mass is 127. The van der Waals surface area contributed by atoms with Gasteiger partial charge in [0.25, 0.3) is 5.69 Å². The lowest BCUT2D eigenvalue weighted by Gasteiger charge is -2.07. The summed E-state index contributed by atoms with van der Waals surface area (Å²) in [6.45, 7) is 0.259. The normalized spacial score (nSPS) is 14.3. The summed E-state index contributed by atoms with van der Waals surface area (Å²) in [6.07, 6.45) is 1.64. The number of carbonyl (C=O) groups excluding carboxylic acids is 1. The monoisotopic (exact) mass is 526 g/mol. The summed E-state index contributed by atoms with van der Waals surface area (Å²) in [4.78, 5) is 26.8. The number of halogens is 1. The predicted octanol–water partition coefficient (Wildman–Crippen LogP) is 5.12. The molecule has 1 heterocycles. The molecule has 0 N–H and O–H groups in total. The number of nitro benzene ring substituents is 1. The SMILES string of the molecule is O=C1OC(c2ccc(I)cc2)=N/C1=C\c1cccc(OCc2ccc([N+](=O)[O-])cc2)c1. The standard InChI is InChI=1S/C23H15IN2O5/c24-18-8-6-17(7-9-18)22-25-21(23(27)31-22)13-16-2-1-3-20(12-16)30-14-15-4-10-19(11-5-15)26(28)29/h1-13H,14H2/b21-13-. The van der Waals surface area contributed by atoms with E-state index < -0.39 is 10.9 Å². The van der Waals surface area contributed by atoms with Crippen molar-refractivity contribution in [2.24, 2.45) is 4.99 Å². The van der Waals surface area contributed by atoms with E-state index in [1.807, 2.05) is 36.4 Å². The Morgan fingerprint density at radius 3 is 2.52 bits per heavy atom. The number of rotatable bonds is 6. The van der Waals surface area contributed by atoms with E-state index in [1.54, 1.807) is 30.3 Å². The van der Waals surface area contributed by atoms with Gasteiger partial charge in [0.2, 0.25) is 5.90 Å². The maximum absolute atomic E-state index is 12.2. The van der Waals surface area contributed by atoms with E-state index in [0.717, 1.165) is 20.3 Å². The molecule has 0 atom stereocenters. The van der Waals surface area contributed by atoms with Crippen LogP contribution in [0.5, 0.6) is 5.75 Å². The van der Waals surface area contributed by atoms with E-state index in [2.05, 4.69) is 27.6 Å². The second-order valence-corrected chi connectivity index (χ2v) is 7.87. The minimum Gasteiger partial charge on any atom is -0.489 e. The lowest BCUT2D eigenvalue weighted by molar-refractivity contribution is -0.384. The molecule has 0 aliphatic carbocycles. The zero-order valence-electron chi connectivity index (χ0n) is 16.0. The van der Waals surface area contributed by atoms with Gasteiger partial charge in [-0.3, -0.25) is 10.1 Å². The second-order valence-electron chi connectivity index (χ2n) is 6.63. The number of nitro groups is 1. The molecule has 0 radical (unpaired) electrons. The van der Waals surface area contributed by atoms with Gasteiger partial charge in [-0.2, -0.15) is 0 Å². The zero-order valence-corrected chi connectivity index (χ0v) is 18.2. The highest BCUT2D eigenvalue weighted by Gasteiger charge is 2.24. The molecule has 0 unspecified atom stereocenters. The van der Waals surface area contributed by atoms with Gasteiger partial charge in [0.1, 0.15) is 12.4 Å². The molecular weight excluding hydrogens is 511 g/mol. The number of esters is 1. The first-order valence-corrected chi connectivity index (χ1v) is 10.3. The van der Waals surface area contributed by atoms with E-state index >= 15 is 0 Å². The van der Waals surface area contributed by atoms with Crippen LogP contribution in [0, 0.1) is 13.7 Å². The van der Waals surface area contributed by atoms with Crippen LogP contribution in [0.25, 0.3) is 6.08 Å². The summed E-state index contributed by atoms with van der Waals surface area (Å²) in [5, 5.41) is 10.7. The van der Waals surface area contributed by atoms with Crippen molar-refractivity contribution in [3.05, 3.63) is 109 Å². The third-order valence-corrected chi connectivity index (χ3v) is 5.14. The first-order valence-electron chi connectivity index (χ1n) is 9.23. The molecule has 0 saturated carbocycles. The van der Waals surface area contributed by atoms with Crippen LogP contribution in [-0.2, 0) is 16.1 Å². The molecule has 1 aliphatic heterocycles. The maximum atomic E-state index is 12.2. The van der Waals surface area contributed by atoms with Crippen molar-refractivity contribution in [2.45, 2.75) is 6.61 Å². The number of benzene rings is 3. The molecule has 0 spiro atoms. The molecule has 3 aromatic rings. The number of carbonyl (C=O) groups is 1. The minimum atomic E-state index is -0.509. The summed E-state index contributed by atoms with van der Waals surface area (Å²) in [5.41, 5.74) is 2.52. The molecule has 8 heteroatoms. The van der Waals surface area contributed by atoms with Gasteiger partial charge in [-0.05, 0) is 88.3 Å². The Bertz CT molecular complexity index is 1200. The van der Waals surface area contributed by atoms with E-state index in [0.29, 0.717) is 5.75 Å². The van der Waals surface area contributed by atoms with Crippen molar-refractivity contribution in [3.8, 4) is 5.75 Å². The topological polar surface area (TPSA) is 91.0 Å². The number of ether oxygens (including phenoxy) is 2. The Hall–Kier alpha value is -3.53. The fourth-order valence-electron chi connectivity index (χ4n) is 2.86. The van der Waals surface area contributed by atoms with Crippen LogP contribution in [0.3, 0.4) is 0 Å². The van der Waals surface area contributed by atoms with E-state index in [4.69, 9.17) is 9.47 Å². The van der Waals surface area contributed by atoms with E-state index in [1.165, 1.54) is 12.1 Å². The van der Waals surface area contributed by atoms with Gasteiger partial charge in [0, 0.05) is 21.3 Å². The molecule has 1 aliphatic rings. The first-order chi connectivity index (χ1) is 15.0.